The lowest BCUT2D eigenvalue weighted by Crippen LogP contribution is -2.14. The van der Waals surface area contributed by atoms with Crippen molar-refractivity contribution in [2.75, 3.05) is 13.2 Å². The van der Waals surface area contributed by atoms with Gasteiger partial charge in [-0.1, -0.05) is 22.9 Å². The van der Waals surface area contributed by atoms with Gasteiger partial charge < -0.3 is 14.6 Å². The van der Waals surface area contributed by atoms with Gasteiger partial charge in [0.15, 0.2) is 0 Å². The smallest absolute Gasteiger partial charge is 0.119 e. The van der Waals surface area contributed by atoms with Crippen LogP contribution < -0.4 is 10.1 Å². The molecule has 0 saturated heterocycles. The fraction of sp³-hybridized carbons (Fsp3) is 0.438. The van der Waals surface area contributed by atoms with Crippen molar-refractivity contribution in [2.24, 2.45) is 7.05 Å². The minimum Gasteiger partial charge on any atom is -0.493 e. The number of halogens is 1. The molecule has 1 aromatic heterocycles. The summed E-state index contributed by atoms with van der Waals surface area (Å²) in [7, 11) is 2.00. The molecule has 0 atom stereocenters. The Balaban J connectivity index is 1.88. The summed E-state index contributed by atoms with van der Waals surface area (Å²) < 4.78 is 8.97. The van der Waals surface area contributed by atoms with E-state index in [1.165, 1.54) is 5.56 Å². The Morgan fingerprint density at radius 2 is 2.24 bits per heavy atom. The van der Waals surface area contributed by atoms with Crippen LogP contribution in [0, 0.1) is 0 Å². The molecule has 0 amide bonds. The first-order chi connectivity index (χ1) is 10.2. The van der Waals surface area contributed by atoms with Crippen LogP contribution in [0.5, 0.6) is 5.75 Å². The molecule has 0 spiro atoms. The Hall–Kier alpha value is -1.33. The average Bonchev–Trinajstić information content (AvgIpc) is 2.88. The van der Waals surface area contributed by atoms with Gasteiger partial charge in [0, 0.05) is 36.9 Å². The fourth-order valence-corrected chi connectivity index (χ4v) is 2.46. The van der Waals surface area contributed by atoms with Crippen molar-refractivity contribution < 1.29 is 4.74 Å². The highest BCUT2D eigenvalue weighted by Crippen LogP contribution is 2.22. The van der Waals surface area contributed by atoms with E-state index in [9.17, 15) is 0 Å². The van der Waals surface area contributed by atoms with E-state index in [1.54, 1.807) is 0 Å². The molecule has 2 rings (SSSR count). The second kappa shape index (κ2) is 8.20. The summed E-state index contributed by atoms with van der Waals surface area (Å²) in [6.07, 6.45) is 5.71. The Morgan fingerprint density at radius 3 is 2.95 bits per heavy atom. The van der Waals surface area contributed by atoms with Crippen LogP contribution in [0.15, 0.2) is 35.1 Å². The number of rotatable bonds is 8. The standard InChI is InChI=1S/C16H22BrN3O/c1-3-7-18-12-13-11-14(4-5-15(13)17)21-10-6-16-19-8-9-20(16)2/h4-5,8-9,11,18H,3,6-7,10,12H2,1-2H3. The zero-order valence-corrected chi connectivity index (χ0v) is 14.2. The summed E-state index contributed by atoms with van der Waals surface area (Å²) in [4.78, 5) is 4.29. The van der Waals surface area contributed by atoms with Crippen LogP contribution in [0.2, 0.25) is 0 Å². The number of imidazole rings is 1. The molecule has 0 aliphatic rings. The summed E-state index contributed by atoms with van der Waals surface area (Å²) in [5.41, 5.74) is 1.22. The Kier molecular flexibility index (Phi) is 6.26. The molecule has 0 aliphatic carbocycles. The number of hydrogen-bond acceptors (Lipinski definition) is 3. The quantitative estimate of drug-likeness (QED) is 0.741. The minimum atomic E-state index is 0.633. The molecular formula is C16H22BrN3O. The first-order valence-corrected chi connectivity index (χ1v) is 8.08. The van der Waals surface area contributed by atoms with Crippen LogP contribution in [-0.4, -0.2) is 22.7 Å². The number of nitrogens with zero attached hydrogens (tertiary/aromatic N) is 2. The largest absolute Gasteiger partial charge is 0.493 e. The molecule has 0 radical (unpaired) electrons. The molecule has 114 valence electrons. The minimum absolute atomic E-state index is 0.633. The van der Waals surface area contributed by atoms with E-state index in [0.29, 0.717) is 6.61 Å². The highest BCUT2D eigenvalue weighted by atomic mass is 79.9. The number of aryl methyl sites for hydroxylation is 1. The van der Waals surface area contributed by atoms with Gasteiger partial charge in [-0.25, -0.2) is 4.98 Å². The molecule has 5 heteroatoms. The van der Waals surface area contributed by atoms with Gasteiger partial charge >= 0.3 is 0 Å². The second-order valence-electron chi connectivity index (χ2n) is 4.98. The molecule has 0 aliphatic heterocycles. The van der Waals surface area contributed by atoms with Crippen LogP contribution >= 0.6 is 15.9 Å². The Labute approximate surface area is 134 Å². The molecule has 0 bridgehead atoms. The molecule has 21 heavy (non-hydrogen) atoms. The predicted octanol–water partition coefficient (Wildman–Crippen LogP) is 3.30. The van der Waals surface area contributed by atoms with E-state index in [4.69, 9.17) is 4.74 Å². The SMILES string of the molecule is CCCNCc1cc(OCCc2nccn2C)ccc1Br. The number of hydrogen-bond donors (Lipinski definition) is 1. The first kappa shape index (κ1) is 16.0. The Morgan fingerprint density at radius 1 is 1.38 bits per heavy atom. The molecule has 0 unspecified atom stereocenters. The van der Waals surface area contributed by atoms with Gasteiger partial charge in [-0.3, -0.25) is 0 Å². The highest BCUT2D eigenvalue weighted by Gasteiger charge is 2.04. The maximum atomic E-state index is 5.83. The maximum absolute atomic E-state index is 5.83. The molecule has 0 saturated carbocycles. The van der Waals surface area contributed by atoms with Gasteiger partial charge in [-0.2, -0.15) is 0 Å². The summed E-state index contributed by atoms with van der Waals surface area (Å²) in [5, 5.41) is 3.41. The molecule has 1 heterocycles. The van der Waals surface area contributed by atoms with Gasteiger partial charge in [0.1, 0.15) is 11.6 Å². The number of nitrogens with one attached hydrogen (secondary N) is 1. The molecule has 1 N–H and O–H groups in total. The second-order valence-corrected chi connectivity index (χ2v) is 5.84. The normalized spacial score (nSPS) is 10.8. The summed E-state index contributed by atoms with van der Waals surface area (Å²) in [6.45, 7) is 4.68. The van der Waals surface area contributed by atoms with Crippen molar-refractivity contribution in [1.29, 1.82) is 0 Å². The molecule has 2 aromatic rings. The lowest BCUT2D eigenvalue weighted by Gasteiger charge is -2.10. The third kappa shape index (κ3) is 4.86. The van der Waals surface area contributed by atoms with Crippen LogP contribution in [-0.2, 0) is 20.0 Å². The lowest BCUT2D eigenvalue weighted by atomic mass is 10.2. The zero-order chi connectivity index (χ0) is 15.1. The van der Waals surface area contributed by atoms with E-state index >= 15 is 0 Å². The predicted molar refractivity (Wildman–Crippen MR) is 88.5 cm³/mol. The van der Waals surface area contributed by atoms with Crippen molar-refractivity contribution in [2.45, 2.75) is 26.3 Å². The topological polar surface area (TPSA) is 39.1 Å². The summed E-state index contributed by atoms with van der Waals surface area (Å²) in [6, 6.07) is 6.12. The number of benzene rings is 1. The summed E-state index contributed by atoms with van der Waals surface area (Å²) >= 11 is 3.58. The van der Waals surface area contributed by atoms with Crippen molar-refractivity contribution in [3.05, 3.63) is 46.5 Å². The molecular weight excluding hydrogens is 330 g/mol. The molecule has 1 aromatic carbocycles. The Bertz CT molecular complexity index is 568. The van der Waals surface area contributed by atoms with Gasteiger partial charge in [-0.05, 0) is 36.7 Å². The van der Waals surface area contributed by atoms with Crippen LogP contribution in [0.4, 0.5) is 0 Å². The van der Waals surface area contributed by atoms with E-state index in [0.717, 1.165) is 42.0 Å². The highest BCUT2D eigenvalue weighted by molar-refractivity contribution is 9.10. The van der Waals surface area contributed by atoms with Crippen molar-refractivity contribution in [1.82, 2.24) is 14.9 Å². The van der Waals surface area contributed by atoms with Gasteiger partial charge in [0.2, 0.25) is 0 Å². The van der Waals surface area contributed by atoms with Crippen molar-refractivity contribution >= 4 is 15.9 Å². The molecule has 4 nitrogen and oxygen atoms in total. The van der Waals surface area contributed by atoms with Crippen molar-refractivity contribution in [3.8, 4) is 5.75 Å². The van der Waals surface area contributed by atoms with E-state index in [2.05, 4.69) is 39.2 Å². The van der Waals surface area contributed by atoms with Gasteiger partial charge in [0.05, 0.1) is 6.61 Å². The van der Waals surface area contributed by atoms with E-state index in [1.807, 2.05) is 36.1 Å². The van der Waals surface area contributed by atoms with E-state index < -0.39 is 0 Å². The zero-order valence-electron chi connectivity index (χ0n) is 12.6. The number of aromatic nitrogens is 2. The maximum Gasteiger partial charge on any atom is 0.119 e. The van der Waals surface area contributed by atoms with Crippen LogP contribution in [0.25, 0.3) is 0 Å². The van der Waals surface area contributed by atoms with Crippen LogP contribution in [0.3, 0.4) is 0 Å². The number of ether oxygens (including phenoxy) is 1. The van der Waals surface area contributed by atoms with Gasteiger partial charge in [-0.15, -0.1) is 0 Å². The fourth-order valence-electron chi connectivity index (χ4n) is 2.07. The van der Waals surface area contributed by atoms with Crippen LogP contribution in [0.1, 0.15) is 24.7 Å². The monoisotopic (exact) mass is 351 g/mol. The third-order valence-corrected chi connectivity index (χ3v) is 4.05. The summed E-state index contributed by atoms with van der Waals surface area (Å²) in [5.74, 6) is 1.94. The lowest BCUT2D eigenvalue weighted by molar-refractivity contribution is 0.317. The average molecular weight is 352 g/mol. The van der Waals surface area contributed by atoms with Crippen molar-refractivity contribution in [3.63, 3.8) is 0 Å². The molecule has 0 fully saturated rings. The van der Waals surface area contributed by atoms with Gasteiger partial charge in [0.25, 0.3) is 0 Å². The third-order valence-electron chi connectivity index (χ3n) is 3.27. The first-order valence-electron chi connectivity index (χ1n) is 7.29. The van der Waals surface area contributed by atoms with E-state index in [-0.39, 0.29) is 0 Å².